The van der Waals surface area contributed by atoms with Crippen LogP contribution in [0.5, 0.6) is 11.5 Å². The first-order chi connectivity index (χ1) is 12.1. The lowest BCUT2D eigenvalue weighted by atomic mass is 9.82. The zero-order valence-electron chi connectivity index (χ0n) is 14.5. The summed E-state index contributed by atoms with van der Waals surface area (Å²) < 4.78 is 11.2. The summed E-state index contributed by atoms with van der Waals surface area (Å²) in [7, 11) is 3.40. The highest BCUT2D eigenvalue weighted by molar-refractivity contribution is 6.32. The SMILES string of the molecule is COc1cc(C(c2cc(Cl)ccc2OC)C2CC2)c(C2CC2)cc1Cl. The fourth-order valence-corrected chi connectivity index (χ4v) is 4.24. The summed E-state index contributed by atoms with van der Waals surface area (Å²) in [4.78, 5) is 0. The molecule has 25 heavy (non-hydrogen) atoms. The summed E-state index contributed by atoms with van der Waals surface area (Å²) in [6.45, 7) is 0. The molecule has 2 aromatic carbocycles. The quantitative estimate of drug-likeness (QED) is 0.578. The third kappa shape index (κ3) is 3.35. The molecule has 1 unspecified atom stereocenters. The predicted octanol–water partition coefficient (Wildman–Crippen LogP) is 6.43. The second-order valence-electron chi connectivity index (χ2n) is 7.09. The highest BCUT2D eigenvalue weighted by Crippen LogP contribution is 2.54. The summed E-state index contributed by atoms with van der Waals surface area (Å²) >= 11 is 12.8. The zero-order valence-corrected chi connectivity index (χ0v) is 16.0. The lowest BCUT2D eigenvalue weighted by Gasteiger charge is -2.24. The van der Waals surface area contributed by atoms with Crippen molar-refractivity contribution in [2.45, 2.75) is 37.5 Å². The van der Waals surface area contributed by atoms with Gasteiger partial charge < -0.3 is 9.47 Å². The van der Waals surface area contributed by atoms with E-state index in [-0.39, 0.29) is 5.92 Å². The van der Waals surface area contributed by atoms with Crippen LogP contribution in [-0.2, 0) is 0 Å². The molecule has 0 spiro atoms. The van der Waals surface area contributed by atoms with Gasteiger partial charge in [-0.3, -0.25) is 0 Å². The van der Waals surface area contributed by atoms with Crippen molar-refractivity contribution in [2.75, 3.05) is 14.2 Å². The zero-order chi connectivity index (χ0) is 17.6. The molecular weight excluding hydrogens is 355 g/mol. The third-order valence-corrected chi connectivity index (χ3v) is 5.86. The molecule has 0 N–H and O–H groups in total. The van der Waals surface area contributed by atoms with Crippen molar-refractivity contribution in [2.24, 2.45) is 5.92 Å². The molecule has 2 nitrogen and oxygen atoms in total. The van der Waals surface area contributed by atoms with Gasteiger partial charge in [-0.15, -0.1) is 0 Å². The Kier molecular flexibility index (Phi) is 4.59. The number of methoxy groups -OCH3 is 2. The van der Waals surface area contributed by atoms with Crippen LogP contribution in [0.3, 0.4) is 0 Å². The highest BCUT2D eigenvalue weighted by Gasteiger charge is 2.39. The van der Waals surface area contributed by atoms with Gasteiger partial charge in [0.15, 0.2) is 0 Å². The first kappa shape index (κ1) is 17.1. The minimum Gasteiger partial charge on any atom is -0.496 e. The van der Waals surface area contributed by atoms with E-state index in [2.05, 4.69) is 18.2 Å². The van der Waals surface area contributed by atoms with Crippen molar-refractivity contribution < 1.29 is 9.47 Å². The predicted molar refractivity (Wildman–Crippen MR) is 103 cm³/mol. The first-order valence-corrected chi connectivity index (χ1v) is 9.58. The molecule has 2 aromatic rings. The normalized spacial score (nSPS) is 18.1. The van der Waals surface area contributed by atoms with Gasteiger partial charge in [-0.1, -0.05) is 23.2 Å². The van der Waals surface area contributed by atoms with Gasteiger partial charge in [0.2, 0.25) is 0 Å². The first-order valence-electron chi connectivity index (χ1n) is 8.83. The van der Waals surface area contributed by atoms with Crippen molar-refractivity contribution in [3.63, 3.8) is 0 Å². The summed E-state index contributed by atoms with van der Waals surface area (Å²) in [6.07, 6.45) is 4.93. The molecular formula is C21H22Cl2O2. The van der Waals surface area contributed by atoms with E-state index < -0.39 is 0 Å². The summed E-state index contributed by atoms with van der Waals surface area (Å²) in [6, 6.07) is 10.2. The average Bonchev–Trinajstić information content (AvgIpc) is 3.49. The fraction of sp³-hybridized carbons (Fsp3) is 0.429. The molecule has 0 aliphatic heterocycles. The van der Waals surface area contributed by atoms with Gasteiger partial charge in [-0.2, -0.15) is 0 Å². The number of hydrogen-bond acceptors (Lipinski definition) is 2. The fourth-order valence-electron chi connectivity index (χ4n) is 3.81. The van der Waals surface area contributed by atoms with Gasteiger partial charge in [0.1, 0.15) is 11.5 Å². The van der Waals surface area contributed by atoms with Crippen LogP contribution in [0, 0.1) is 5.92 Å². The molecule has 2 saturated carbocycles. The molecule has 4 rings (SSSR count). The minimum absolute atomic E-state index is 0.274. The molecule has 132 valence electrons. The maximum Gasteiger partial charge on any atom is 0.137 e. The number of hydrogen-bond donors (Lipinski definition) is 0. The van der Waals surface area contributed by atoms with Crippen LogP contribution in [0.2, 0.25) is 10.0 Å². The Bertz CT molecular complexity index is 795. The topological polar surface area (TPSA) is 18.5 Å². The van der Waals surface area contributed by atoms with E-state index in [4.69, 9.17) is 32.7 Å². The molecule has 0 radical (unpaired) electrons. The molecule has 0 amide bonds. The van der Waals surface area contributed by atoms with E-state index in [9.17, 15) is 0 Å². The molecule has 0 saturated heterocycles. The Hall–Kier alpha value is -1.38. The summed E-state index contributed by atoms with van der Waals surface area (Å²) in [5.41, 5.74) is 3.86. The maximum absolute atomic E-state index is 6.43. The van der Waals surface area contributed by atoms with Gasteiger partial charge in [0.05, 0.1) is 19.2 Å². The Morgan fingerprint density at radius 2 is 1.60 bits per heavy atom. The van der Waals surface area contributed by atoms with Crippen LogP contribution in [0.15, 0.2) is 30.3 Å². The molecule has 4 heteroatoms. The highest BCUT2D eigenvalue weighted by atomic mass is 35.5. The molecule has 2 aliphatic carbocycles. The van der Waals surface area contributed by atoms with Crippen LogP contribution in [0.1, 0.15) is 54.2 Å². The molecule has 1 atom stereocenters. The van der Waals surface area contributed by atoms with E-state index in [1.54, 1.807) is 14.2 Å². The van der Waals surface area contributed by atoms with Crippen LogP contribution < -0.4 is 9.47 Å². The molecule has 2 aliphatic rings. The number of ether oxygens (including phenoxy) is 2. The molecule has 0 bridgehead atoms. The summed E-state index contributed by atoms with van der Waals surface area (Å²) in [5.74, 6) is 3.15. The number of benzene rings is 2. The van der Waals surface area contributed by atoms with E-state index in [1.165, 1.54) is 42.4 Å². The smallest absolute Gasteiger partial charge is 0.137 e. The van der Waals surface area contributed by atoms with E-state index in [0.717, 1.165) is 16.5 Å². The molecule has 0 heterocycles. The largest absolute Gasteiger partial charge is 0.496 e. The Labute approximate surface area is 159 Å². The lowest BCUT2D eigenvalue weighted by Crippen LogP contribution is -2.09. The van der Waals surface area contributed by atoms with Crippen LogP contribution in [0.4, 0.5) is 0 Å². The molecule has 2 fully saturated rings. The van der Waals surface area contributed by atoms with Crippen molar-refractivity contribution in [3.8, 4) is 11.5 Å². The third-order valence-electron chi connectivity index (χ3n) is 5.33. The van der Waals surface area contributed by atoms with Crippen molar-refractivity contribution in [1.29, 1.82) is 0 Å². The van der Waals surface area contributed by atoms with Gasteiger partial charge in [0.25, 0.3) is 0 Å². The minimum atomic E-state index is 0.274. The van der Waals surface area contributed by atoms with Crippen LogP contribution >= 0.6 is 23.2 Å². The Morgan fingerprint density at radius 3 is 2.20 bits per heavy atom. The molecule has 0 aromatic heterocycles. The average molecular weight is 377 g/mol. The van der Waals surface area contributed by atoms with Gasteiger partial charge in [-0.25, -0.2) is 0 Å². The van der Waals surface area contributed by atoms with E-state index >= 15 is 0 Å². The summed E-state index contributed by atoms with van der Waals surface area (Å²) in [5, 5.41) is 1.44. The lowest BCUT2D eigenvalue weighted by molar-refractivity contribution is 0.404. The van der Waals surface area contributed by atoms with Crippen LogP contribution in [0.25, 0.3) is 0 Å². The van der Waals surface area contributed by atoms with Gasteiger partial charge >= 0.3 is 0 Å². The van der Waals surface area contributed by atoms with Crippen molar-refractivity contribution in [1.82, 2.24) is 0 Å². The standard InChI is InChI=1S/C21H22Cl2O2/c1-24-19-8-7-14(22)9-17(19)21(13-5-6-13)16-11-20(25-2)18(23)10-15(16)12-3-4-12/h7-13,21H,3-6H2,1-2H3. The second kappa shape index (κ2) is 6.74. The monoisotopic (exact) mass is 376 g/mol. The number of halogens is 2. The maximum atomic E-state index is 6.43. The van der Waals surface area contributed by atoms with Crippen LogP contribution in [-0.4, -0.2) is 14.2 Å². The number of rotatable bonds is 6. The Balaban J connectivity index is 1.89. The van der Waals surface area contributed by atoms with E-state index in [0.29, 0.717) is 16.9 Å². The van der Waals surface area contributed by atoms with Gasteiger partial charge in [-0.05, 0) is 79.0 Å². The Morgan fingerprint density at radius 1 is 0.880 bits per heavy atom. The van der Waals surface area contributed by atoms with Crippen molar-refractivity contribution >= 4 is 23.2 Å². The van der Waals surface area contributed by atoms with Gasteiger partial charge in [0, 0.05) is 16.5 Å². The second-order valence-corrected chi connectivity index (χ2v) is 7.93. The van der Waals surface area contributed by atoms with E-state index in [1.807, 2.05) is 12.1 Å². The van der Waals surface area contributed by atoms with Crippen molar-refractivity contribution in [3.05, 3.63) is 57.1 Å².